The summed E-state index contributed by atoms with van der Waals surface area (Å²) < 4.78 is 8.09. The molecule has 6 heteroatoms. The standard InChI is InChI=1S/C14H25N5O/c1-18-8-6-16-14(18)5-4-12(17-15)13-9-19-7-2-3-11(19)10-20-13/h6,8,11-13,17H,2-5,7,9-10,15H2,1H3. The SMILES string of the molecule is Cn1ccnc1CCC(NN)C1CN2CCCC2CO1. The van der Waals surface area contributed by atoms with Crippen molar-refractivity contribution in [2.45, 2.75) is 43.9 Å². The summed E-state index contributed by atoms with van der Waals surface area (Å²) in [5.41, 5.74) is 2.94. The van der Waals surface area contributed by atoms with E-state index in [-0.39, 0.29) is 12.1 Å². The predicted molar refractivity (Wildman–Crippen MR) is 77.0 cm³/mol. The molecule has 2 saturated heterocycles. The number of morpholine rings is 1. The van der Waals surface area contributed by atoms with E-state index in [0.29, 0.717) is 6.04 Å². The molecule has 2 fully saturated rings. The van der Waals surface area contributed by atoms with Crippen molar-refractivity contribution in [2.75, 3.05) is 19.7 Å². The molecule has 0 radical (unpaired) electrons. The van der Waals surface area contributed by atoms with Crippen LogP contribution in [0, 0.1) is 0 Å². The number of hydrazine groups is 1. The number of ether oxygens (including phenoxy) is 1. The summed E-state index contributed by atoms with van der Waals surface area (Å²) in [4.78, 5) is 6.92. The largest absolute Gasteiger partial charge is 0.374 e. The van der Waals surface area contributed by atoms with Crippen molar-refractivity contribution in [1.29, 1.82) is 0 Å². The number of imidazole rings is 1. The van der Waals surface area contributed by atoms with Gasteiger partial charge in [0.1, 0.15) is 5.82 Å². The summed E-state index contributed by atoms with van der Waals surface area (Å²) >= 11 is 0. The molecular formula is C14H25N5O. The molecule has 1 aromatic rings. The number of nitrogens with zero attached hydrogens (tertiary/aromatic N) is 3. The minimum Gasteiger partial charge on any atom is -0.374 e. The third kappa shape index (κ3) is 2.88. The number of fused-ring (bicyclic) bond motifs is 1. The van der Waals surface area contributed by atoms with Gasteiger partial charge in [0.25, 0.3) is 0 Å². The fraction of sp³-hybridized carbons (Fsp3) is 0.786. The molecule has 0 amide bonds. The lowest BCUT2D eigenvalue weighted by Gasteiger charge is -2.38. The first-order chi connectivity index (χ1) is 9.78. The molecule has 3 atom stereocenters. The number of nitrogens with one attached hydrogen (secondary N) is 1. The summed E-state index contributed by atoms with van der Waals surface area (Å²) in [6.45, 7) is 3.06. The van der Waals surface area contributed by atoms with Crippen LogP contribution in [0.3, 0.4) is 0 Å². The number of aryl methyl sites for hydroxylation is 2. The van der Waals surface area contributed by atoms with E-state index in [4.69, 9.17) is 10.6 Å². The van der Waals surface area contributed by atoms with Gasteiger partial charge in [-0.05, 0) is 25.8 Å². The Balaban J connectivity index is 1.55. The number of rotatable bonds is 5. The minimum absolute atomic E-state index is 0.188. The molecule has 20 heavy (non-hydrogen) atoms. The van der Waals surface area contributed by atoms with E-state index in [1.165, 1.54) is 19.4 Å². The van der Waals surface area contributed by atoms with Gasteiger partial charge < -0.3 is 9.30 Å². The number of aromatic nitrogens is 2. The van der Waals surface area contributed by atoms with Gasteiger partial charge >= 0.3 is 0 Å². The Hall–Kier alpha value is -0.950. The second kappa shape index (κ2) is 6.22. The second-order valence-electron chi connectivity index (χ2n) is 5.93. The van der Waals surface area contributed by atoms with Crippen LogP contribution < -0.4 is 11.3 Å². The highest BCUT2D eigenvalue weighted by Crippen LogP contribution is 2.24. The van der Waals surface area contributed by atoms with Crippen LogP contribution in [0.15, 0.2) is 12.4 Å². The van der Waals surface area contributed by atoms with Crippen molar-refractivity contribution in [1.82, 2.24) is 19.9 Å². The van der Waals surface area contributed by atoms with Crippen LogP contribution in [0.5, 0.6) is 0 Å². The first-order valence-corrected chi connectivity index (χ1v) is 7.56. The van der Waals surface area contributed by atoms with Crippen LogP contribution in [0.4, 0.5) is 0 Å². The maximum absolute atomic E-state index is 6.03. The van der Waals surface area contributed by atoms with Gasteiger partial charge in [-0.3, -0.25) is 16.2 Å². The van der Waals surface area contributed by atoms with Crippen LogP contribution in [0.1, 0.15) is 25.1 Å². The Morgan fingerprint density at radius 1 is 1.60 bits per heavy atom. The van der Waals surface area contributed by atoms with Crippen molar-refractivity contribution in [3.05, 3.63) is 18.2 Å². The first kappa shape index (κ1) is 14.0. The third-order valence-corrected chi connectivity index (χ3v) is 4.68. The zero-order valence-corrected chi connectivity index (χ0v) is 12.2. The van der Waals surface area contributed by atoms with Crippen molar-refractivity contribution >= 4 is 0 Å². The molecule has 3 heterocycles. The lowest BCUT2D eigenvalue weighted by Crippen LogP contribution is -2.55. The Labute approximate surface area is 120 Å². The van der Waals surface area contributed by atoms with Gasteiger partial charge in [0.05, 0.1) is 12.7 Å². The molecule has 0 bridgehead atoms. The lowest BCUT2D eigenvalue weighted by atomic mass is 10.0. The molecular weight excluding hydrogens is 254 g/mol. The summed E-state index contributed by atoms with van der Waals surface area (Å²) in [5.74, 6) is 6.84. The Morgan fingerprint density at radius 2 is 2.50 bits per heavy atom. The summed E-state index contributed by atoms with van der Waals surface area (Å²) in [5, 5.41) is 0. The van der Waals surface area contributed by atoms with Gasteiger partial charge in [0, 0.05) is 44.5 Å². The monoisotopic (exact) mass is 279 g/mol. The second-order valence-corrected chi connectivity index (χ2v) is 5.93. The molecule has 0 spiro atoms. The topological polar surface area (TPSA) is 68.3 Å². The first-order valence-electron chi connectivity index (χ1n) is 7.56. The maximum Gasteiger partial charge on any atom is 0.108 e. The molecule has 3 rings (SSSR count). The van der Waals surface area contributed by atoms with Crippen molar-refractivity contribution < 1.29 is 4.74 Å². The highest BCUT2D eigenvalue weighted by Gasteiger charge is 2.35. The molecule has 0 saturated carbocycles. The highest BCUT2D eigenvalue weighted by atomic mass is 16.5. The van der Waals surface area contributed by atoms with Gasteiger partial charge in [-0.15, -0.1) is 0 Å². The van der Waals surface area contributed by atoms with Crippen LogP contribution >= 0.6 is 0 Å². The van der Waals surface area contributed by atoms with Crippen LogP contribution in [-0.4, -0.2) is 52.3 Å². The third-order valence-electron chi connectivity index (χ3n) is 4.68. The molecule has 2 aliphatic rings. The molecule has 2 aliphatic heterocycles. The predicted octanol–water partition coefficient (Wildman–Crippen LogP) is 0.0478. The molecule has 112 valence electrons. The smallest absolute Gasteiger partial charge is 0.108 e. The van der Waals surface area contributed by atoms with E-state index in [0.717, 1.165) is 31.8 Å². The van der Waals surface area contributed by atoms with E-state index < -0.39 is 0 Å². The average Bonchev–Trinajstić information content (AvgIpc) is 3.08. The Bertz CT molecular complexity index is 435. The summed E-state index contributed by atoms with van der Waals surface area (Å²) in [6.07, 6.45) is 8.45. The highest BCUT2D eigenvalue weighted by molar-refractivity contribution is 4.94. The van der Waals surface area contributed by atoms with Crippen LogP contribution in [0.25, 0.3) is 0 Å². The van der Waals surface area contributed by atoms with Crippen molar-refractivity contribution in [3.63, 3.8) is 0 Å². The van der Waals surface area contributed by atoms with Gasteiger partial charge in [-0.1, -0.05) is 0 Å². The van der Waals surface area contributed by atoms with Gasteiger partial charge in [-0.25, -0.2) is 4.98 Å². The zero-order chi connectivity index (χ0) is 13.9. The summed E-state index contributed by atoms with van der Waals surface area (Å²) in [6, 6.07) is 0.826. The Kier molecular flexibility index (Phi) is 4.35. The minimum atomic E-state index is 0.188. The Morgan fingerprint density at radius 3 is 3.25 bits per heavy atom. The van der Waals surface area contributed by atoms with Crippen molar-refractivity contribution in [2.24, 2.45) is 12.9 Å². The van der Waals surface area contributed by atoms with Gasteiger partial charge in [-0.2, -0.15) is 0 Å². The fourth-order valence-electron chi connectivity index (χ4n) is 3.38. The molecule has 0 aromatic carbocycles. The van der Waals surface area contributed by atoms with Gasteiger partial charge in [0.15, 0.2) is 0 Å². The van der Waals surface area contributed by atoms with E-state index in [2.05, 4.69) is 19.9 Å². The van der Waals surface area contributed by atoms with E-state index in [9.17, 15) is 0 Å². The molecule has 1 aromatic heterocycles. The average molecular weight is 279 g/mol. The van der Waals surface area contributed by atoms with E-state index in [1.54, 1.807) is 0 Å². The molecule has 6 nitrogen and oxygen atoms in total. The molecule has 0 aliphatic carbocycles. The quantitative estimate of drug-likeness (QED) is 0.589. The maximum atomic E-state index is 6.03. The van der Waals surface area contributed by atoms with Gasteiger partial charge in [0.2, 0.25) is 0 Å². The molecule has 3 N–H and O–H groups in total. The van der Waals surface area contributed by atoms with Crippen LogP contribution in [0.2, 0.25) is 0 Å². The van der Waals surface area contributed by atoms with Crippen LogP contribution in [-0.2, 0) is 18.2 Å². The number of hydrogen-bond donors (Lipinski definition) is 2. The number of hydrogen-bond acceptors (Lipinski definition) is 5. The van der Waals surface area contributed by atoms with Crippen molar-refractivity contribution in [3.8, 4) is 0 Å². The zero-order valence-electron chi connectivity index (χ0n) is 12.2. The summed E-state index contributed by atoms with van der Waals surface area (Å²) in [7, 11) is 2.03. The van der Waals surface area contributed by atoms with E-state index >= 15 is 0 Å². The lowest BCUT2D eigenvalue weighted by molar-refractivity contribution is -0.0656. The molecule has 3 unspecified atom stereocenters. The number of nitrogens with two attached hydrogens (primary N) is 1. The fourth-order valence-corrected chi connectivity index (χ4v) is 3.38. The normalized spacial score (nSPS) is 28.5. The van der Waals surface area contributed by atoms with E-state index in [1.807, 2.05) is 19.4 Å².